The van der Waals surface area contributed by atoms with E-state index in [2.05, 4.69) is 0 Å². The van der Waals surface area contributed by atoms with Crippen molar-refractivity contribution in [3.63, 3.8) is 0 Å². The second-order valence-electron chi connectivity index (χ2n) is 9.91. The van der Waals surface area contributed by atoms with Crippen LogP contribution in [-0.4, -0.2) is 37.0 Å². The third kappa shape index (κ3) is 5.15. The van der Waals surface area contributed by atoms with Crippen molar-refractivity contribution in [3.8, 4) is 0 Å². The molecule has 0 N–H and O–H groups in total. The van der Waals surface area contributed by atoms with Crippen molar-refractivity contribution >= 4 is 22.9 Å². The molecule has 1 aromatic carbocycles. The van der Waals surface area contributed by atoms with Gasteiger partial charge in [0.25, 0.3) is 11.6 Å². The number of hydrogen-bond acceptors (Lipinski definition) is 4. The molecule has 0 saturated carbocycles. The van der Waals surface area contributed by atoms with E-state index in [1.165, 1.54) is 22.2 Å². The molecule has 2 heterocycles. The van der Waals surface area contributed by atoms with Crippen LogP contribution in [0.25, 0.3) is 0 Å². The average Bonchev–Trinajstić information content (AvgIpc) is 2.71. The maximum absolute atomic E-state index is 13.1. The number of allylic oxidation sites excluding steroid dienone is 2. The van der Waals surface area contributed by atoms with Gasteiger partial charge in [0.05, 0.1) is 0 Å². The lowest BCUT2D eigenvalue weighted by Gasteiger charge is -2.38. The summed E-state index contributed by atoms with van der Waals surface area (Å²) in [6.07, 6.45) is -7.00. The first-order chi connectivity index (χ1) is 15.4. The predicted octanol–water partition coefficient (Wildman–Crippen LogP) is 6.19. The summed E-state index contributed by atoms with van der Waals surface area (Å²) in [6, 6.07) is 6.54. The molecule has 0 aliphatic carbocycles. The molecule has 0 aromatic heterocycles. The van der Waals surface area contributed by atoms with Crippen LogP contribution in [-0.2, 0) is 9.59 Å². The fourth-order valence-corrected chi connectivity index (χ4v) is 4.15. The molecule has 4 nitrogen and oxygen atoms in total. The number of carbonyl (C=O) groups excluding carboxylic acids is 2. The largest absolute Gasteiger partial charge is 0.454 e. The first-order valence-corrected chi connectivity index (χ1v) is 10.7. The molecule has 2 aliphatic heterocycles. The van der Waals surface area contributed by atoms with E-state index >= 15 is 0 Å². The third-order valence-electron chi connectivity index (χ3n) is 6.48. The van der Waals surface area contributed by atoms with Crippen molar-refractivity contribution < 1.29 is 35.9 Å². The molecular formula is C24H26F6N2O2. The Bertz CT molecular complexity index is 971. The zero-order chi connectivity index (χ0) is 25.7. The lowest BCUT2D eigenvalue weighted by Crippen LogP contribution is -2.40. The number of Topliss-reactive ketones (excluding diaryl/α,β-unsaturated/α-hetero) is 2. The lowest BCUT2D eigenvalue weighted by atomic mass is 9.77. The normalized spacial score (nSPS) is 20.5. The Morgan fingerprint density at radius 1 is 0.735 bits per heavy atom. The van der Waals surface area contributed by atoms with E-state index in [1.54, 1.807) is 52.0 Å². The quantitative estimate of drug-likeness (QED) is 0.474. The van der Waals surface area contributed by atoms with Gasteiger partial charge in [0.1, 0.15) is 0 Å². The number of halogens is 6. The van der Waals surface area contributed by atoms with Crippen LogP contribution in [0.2, 0.25) is 0 Å². The van der Waals surface area contributed by atoms with Crippen LogP contribution >= 0.6 is 0 Å². The Morgan fingerprint density at radius 3 is 1.41 bits per heavy atom. The standard InChI is InChI=1S/C24H26F6N2O2/c1-21(2)8-10-31(13-17(21)19(33)23(25,26)27)15-6-5-7-16(12-15)32-11-9-22(3,4)18(14-32)20(34)24(28,29)30/h5-7,12-14H,8-11H2,1-4H3. The Balaban J connectivity index is 1.98. The van der Waals surface area contributed by atoms with Crippen LogP contribution in [0.4, 0.5) is 37.7 Å². The van der Waals surface area contributed by atoms with Crippen molar-refractivity contribution in [1.82, 2.24) is 0 Å². The van der Waals surface area contributed by atoms with Crippen LogP contribution in [0, 0.1) is 10.8 Å². The van der Waals surface area contributed by atoms with Gasteiger partial charge >= 0.3 is 12.4 Å². The summed E-state index contributed by atoms with van der Waals surface area (Å²) >= 11 is 0. The maximum Gasteiger partial charge on any atom is 0.454 e. The average molecular weight is 488 g/mol. The van der Waals surface area contributed by atoms with Crippen molar-refractivity contribution in [3.05, 3.63) is 47.8 Å². The molecule has 0 spiro atoms. The highest BCUT2D eigenvalue weighted by atomic mass is 19.4. The molecule has 10 heteroatoms. The number of hydrogen-bond donors (Lipinski definition) is 0. The van der Waals surface area contributed by atoms with Gasteiger partial charge < -0.3 is 9.80 Å². The molecule has 0 atom stereocenters. The summed E-state index contributed by atoms with van der Waals surface area (Å²) in [4.78, 5) is 27.1. The fraction of sp³-hybridized carbons (Fsp3) is 0.500. The molecule has 1 aromatic rings. The summed E-state index contributed by atoms with van der Waals surface area (Å²) in [5.74, 6) is -3.79. The SMILES string of the molecule is CC1(C)CCN(c2cccc(N3C=C(C(=O)C(F)(F)F)C(C)(C)CC3)c2)C=C1C(=O)C(F)(F)F. The Labute approximate surface area is 193 Å². The Morgan fingerprint density at radius 2 is 1.09 bits per heavy atom. The summed E-state index contributed by atoms with van der Waals surface area (Å²) in [7, 11) is 0. The van der Waals surface area contributed by atoms with Crippen molar-refractivity contribution in [2.24, 2.45) is 10.8 Å². The van der Waals surface area contributed by atoms with Crippen molar-refractivity contribution in [1.29, 1.82) is 0 Å². The molecule has 3 rings (SSSR count). The third-order valence-corrected chi connectivity index (χ3v) is 6.48. The van der Waals surface area contributed by atoms with Gasteiger partial charge in [-0.1, -0.05) is 33.8 Å². The highest BCUT2D eigenvalue weighted by Crippen LogP contribution is 2.42. The number of anilines is 2. The van der Waals surface area contributed by atoms with E-state index in [9.17, 15) is 35.9 Å². The molecule has 186 valence electrons. The molecule has 0 fully saturated rings. The van der Waals surface area contributed by atoms with E-state index in [0.29, 0.717) is 37.3 Å². The van der Waals surface area contributed by atoms with E-state index in [-0.39, 0.29) is 11.1 Å². The minimum absolute atomic E-state index is 0.299. The summed E-state index contributed by atoms with van der Waals surface area (Å²) < 4.78 is 78.8. The molecule has 34 heavy (non-hydrogen) atoms. The second-order valence-corrected chi connectivity index (χ2v) is 9.91. The molecule has 0 bridgehead atoms. The zero-order valence-corrected chi connectivity index (χ0v) is 19.3. The number of rotatable bonds is 4. The molecule has 0 radical (unpaired) electrons. The second kappa shape index (κ2) is 8.46. The van der Waals surface area contributed by atoms with Crippen LogP contribution in [0.1, 0.15) is 40.5 Å². The van der Waals surface area contributed by atoms with Crippen molar-refractivity contribution in [2.75, 3.05) is 22.9 Å². The highest BCUT2D eigenvalue weighted by Gasteiger charge is 2.47. The van der Waals surface area contributed by atoms with Gasteiger partial charge in [-0.25, -0.2) is 0 Å². The van der Waals surface area contributed by atoms with E-state index < -0.39 is 34.7 Å². The molecule has 0 unspecified atom stereocenters. The number of nitrogens with zero attached hydrogens (tertiary/aromatic N) is 2. The number of benzene rings is 1. The topological polar surface area (TPSA) is 40.6 Å². The van der Waals surface area contributed by atoms with E-state index in [0.717, 1.165) is 0 Å². The van der Waals surface area contributed by atoms with Crippen molar-refractivity contribution in [2.45, 2.75) is 52.9 Å². The Kier molecular flexibility index (Phi) is 6.43. The van der Waals surface area contributed by atoms with Crippen LogP contribution in [0.3, 0.4) is 0 Å². The highest BCUT2D eigenvalue weighted by molar-refractivity contribution is 6.02. The number of carbonyl (C=O) groups is 2. The van der Waals surface area contributed by atoms with Crippen LogP contribution in [0.15, 0.2) is 47.8 Å². The number of alkyl halides is 6. The molecule has 0 amide bonds. The summed E-state index contributed by atoms with van der Waals surface area (Å²) in [5, 5.41) is 0. The summed E-state index contributed by atoms with van der Waals surface area (Å²) in [5.41, 5.74) is -1.66. The Hall–Kier alpha value is -2.78. The minimum atomic E-state index is -5.00. The van der Waals surface area contributed by atoms with E-state index in [1.807, 2.05) is 0 Å². The van der Waals surface area contributed by atoms with Gasteiger partial charge in [-0.2, -0.15) is 26.3 Å². The van der Waals surface area contributed by atoms with Crippen LogP contribution < -0.4 is 9.80 Å². The van der Waals surface area contributed by atoms with Gasteiger partial charge in [0.2, 0.25) is 0 Å². The first kappa shape index (κ1) is 25.8. The maximum atomic E-state index is 13.1. The molecule has 0 saturated heterocycles. The molecular weight excluding hydrogens is 462 g/mol. The fourth-order valence-electron chi connectivity index (χ4n) is 4.15. The molecule has 2 aliphatic rings. The first-order valence-electron chi connectivity index (χ1n) is 10.7. The predicted molar refractivity (Wildman–Crippen MR) is 116 cm³/mol. The van der Waals surface area contributed by atoms with Crippen LogP contribution in [0.5, 0.6) is 0 Å². The monoisotopic (exact) mass is 488 g/mol. The van der Waals surface area contributed by atoms with Gasteiger partial charge in [-0.3, -0.25) is 9.59 Å². The number of ketones is 2. The zero-order valence-electron chi connectivity index (χ0n) is 19.3. The van der Waals surface area contributed by atoms with Gasteiger partial charge in [-0.15, -0.1) is 0 Å². The van der Waals surface area contributed by atoms with Gasteiger partial charge in [0, 0.05) is 48.0 Å². The smallest absolute Gasteiger partial charge is 0.347 e. The van der Waals surface area contributed by atoms with Gasteiger partial charge in [0.15, 0.2) is 0 Å². The van der Waals surface area contributed by atoms with Gasteiger partial charge in [-0.05, 0) is 41.9 Å². The van der Waals surface area contributed by atoms with E-state index in [4.69, 9.17) is 0 Å². The summed E-state index contributed by atoms with van der Waals surface area (Å²) in [6.45, 7) is 7.02. The minimum Gasteiger partial charge on any atom is -0.347 e. The lowest BCUT2D eigenvalue weighted by molar-refractivity contribution is -0.167.